The molecule has 0 saturated heterocycles. The van der Waals surface area contributed by atoms with Crippen molar-refractivity contribution < 1.29 is 13.2 Å². The lowest BCUT2D eigenvalue weighted by Gasteiger charge is -2.09. The molecule has 0 radical (unpaired) electrons. The van der Waals surface area contributed by atoms with Gasteiger partial charge in [-0.2, -0.15) is 23.5 Å². The molecule has 104 valence electrons. The Balaban J connectivity index is 2.58. The van der Waals surface area contributed by atoms with Gasteiger partial charge in [0, 0.05) is 6.20 Å². The molecule has 0 N–H and O–H groups in total. The molecule has 0 amide bonds. The van der Waals surface area contributed by atoms with Crippen LogP contribution in [-0.2, 0) is 6.18 Å². The van der Waals surface area contributed by atoms with Crippen molar-refractivity contribution in [2.45, 2.75) is 13.1 Å². The summed E-state index contributed by atoms with van der Waals surface area (Å²) in [5.74, 6) is -0.0748. The highest BCUT2D eigenvalue weighted by Gasteiger charge is 2.32. The van der Waals surface area contributed by atoms with Gasteiger partial charge in [0.1, 0.15) is 11.6 Å². The van der Waals surface area contributed by atoms with Crippen molar-refractivity contribution in [3.8, 4) is 11.9 Å². The minimum atomic E-state index is -4.54. The fourth-order valence-corrected chi connectivity index (χ4v) is 2.05. The predicted molar refractivity (Wildman–Crippen MR) is 65.8 cm³/mol. The lowest BCUT2D eigenvalue weighted by Crippen LogP contribution is -2.08. The second-order valence-corrected chi connectivity index (χ2v) is 4.57. The van der Waals surface area contributed by atoms with Crippen molar-refractivity contribution in [1.82, 2.24) is 14.8 Å². The van der Waals surface area contributed by atoms with Crippen molar-refractivity contribution >= 4 is 23.2 Å². The zero-order chi connectivity index (χ0) is 15.1. The summed E-state index contributed by atoms with van der Waals surface area (Å²) in [6.07, 6.45) is -3.92. The molecule has 0 aromatic carbocycles. The highest BCUT2D eigenvalue weighted by atomic mass is 35.5. The fourth-order valence-electron chi connectivity index (χ4n) is 1.51. The number of pyridine rings is 1. The van der Waals surface area contributed by atoms with Gasteiger partial charge in [0.2, 0.25) is 0 Å². The number of nitrogens with zero attached hydrogens (tertiary/aromatic N) is 4. The monoisotopic (exact) mass is 320 g/mol. The molecule has 2 heterocycles. The summed E-state index contributed by atoms with van der Waals surface area (Å²) in [5.41, 5.74) is -0.536. The molecule has 2 aromatic heterocycles. The van der Waals surface area contributed by atoms with Crippen molar-refractivity contribution in [3.63, 3.8) is 0 Å². The van der Waals surface area contributed by atoms with Crippen LogP contribution in [0.2, 0.25) is 10.2 Å². The van der Waals surface area contributed by atoms with E-state index in [0.717, 1.165) is 10.7 Å². The van der Waals surface area contributed by atoms with Gasteiger partial charge in [-0.15, -0.1) is 0 Å². The smallest absolute Gasteiger partial charge is 0.235 e. The standard InChI is InChI=1S/C11H5Cl2F3N4/c1-5-7(3-17)9(13)20(19-5)10-8(12)2-6(4-18-10)11(14,15)16/h2,4H,1H3. The Labute approximate surface area is 121 Å². The second-order valence-electron chi connectivity index (χ2n) is 3.80. The van der Waals surface area contributed by atoms with Crippen molar-refractivity contribution in [3.05, 3.63) is 39.3 Å². The second kappa shape index (κ2) is 4.96. The van der Waals surface area contributed by atoms with E-state index in [1.807, 2.05) is 6.07 Å². The first-order chi connectivity index (χ1) is 9.25. The Bertz CT molecular complexity index is 716. The van der Waals surface area contributed by atoms with E-state index in [1.165, 1.54) is 0 Å². The molecule has 0 unspecified atom stereocenters. The molecule has 0 aliphatic carbocycles. The van der Waals surface area contributed by atoms with E-state index in [1.54, 1.807) is 6.92 Å². The highest BCUT2D eigenvalue weighted by molar-refractivity contribution is 6.33. The maximum Gasteiger partial charge on any atom is 0.417 e. The maximum absolute atomic E-state index is 12.5. The number of aryl methyl sites for hydroxylation is 1. The molecule has 0 bridgehead atoms. The number of aromatic nitrogens is 3. The first kappa shape index (κ1) is 14.6. The van der Waals surface area contributed by atoms with Gasteiger partial charge in [0.25, 0.3) is 0 Å². The van der Waals surface area contributed by atoms with E-state index in [0.29, 0.717) is 11.9 Å². The molecule has 9 heteroatoms. The molecule has 20 heavy (non-hydrogen) atoms. The van der Waals surface area contributed by atoms with Crippen LogP contribution >= 0.6 is 23.2 Å². The number of hydrogen-bond donors (Lipinski definition) is 0. The Morgan fingerprint density at radius 2 is 2.00 bits per heavy atom. The van der Waals surface area contributed by atoms with Crippen molar-refractivity contribution in [2.75, 3.05) is 0 Å². The summed E-state index contributed by atoms with van der Waals surface area (Å²) >= 11 is 11.7. The van der Waals surface area contributed by atoms with E-state index < -0.39 is 11.7 Å². The van der Waals surface area contributed by atoms with Gasteiger partial charge in [-0.1, -0.05) is 23.2 Å². The van der Waals surface area contributed by atoms with Gasteiger partial charge in [-0.3, -0.25) is 0 Å². The van der Waals surface area contributed by atoms with Crippen LogP contribution in [0.1, 0.15) is 16.8 Å². The molecule has 0 saturated carbocycles. The molecule has 0 aliphatic heterocycles. The Morgan fingerprint density at radius 1 is 1.35 bits per heavy atom. The highest BCUT2D eigenvalue weighted by Crippen LogP contribution is 2.33. The molecule has 0 atom stereocenters. The van der Waals surface area contributed by atoms with Crippen LogP contribution in [0, 0.1) is 18.3 Å². The first-order valence-electron chi connectivity index (χ1n) is 5.14. The van der Waals surface area contributed by atoms with Gasteiger partial charge in [-0.05, 0) is 13.0 Å². The zero-order valence-electron chi connectivity index (χ0n) is 9.83. The number of hydrogen-bond acceptors (Lipinski definition) is 3. The predicted octanol–water partition coefficient (Wildman–Crippen LogP) is 3.77. The minimum Gasteiger partial charge on any atom is -0.235 e. The van der Waals surface area contributed by atoms with E-state index >= 15 is 0 Å². The quantitative estimate of drug-likeness (QED) is 0.803. The molecule has 2 rings (SSSR count). The molecule has 0 spiro atoms. The summed E-state index contributed by atoms with van der Waals surface area (Å²) in [5, 5.41) is 12.5. The largest absolute Gasteiger partial charge is 0.417 e. The average molecular weight is 321 g/mol. The van der Waals surface area contributed by atoms with Gasteiger partial charge >= 0.3 is 6.18 Å². The van der Waals surface area contributed by atoms with E-state index in [2.05, 4.69) is 10.1 Å². The average Bonchev–Trinajstić information content (AvgIpc) is 2.63. The first-order valence-corrected chi connectivity index (χ1v) is 5.89. The van der Waals surface area contributed by atoms with Crippen LogP contribution in [0.4, 0.5) is 13.2 Å². The summed E-state index contributed by atoms with van der Waals surface area (Å²) < 4.78 is 38.6. The van der Waals surface area contributed by atoms with E-state index in [-0.39, 0.29) is 21.6 Å². The molecule has 0 aliphatic rings. The molecular formula is C11H5Cl2F3N4. The topological polar surface area (TPSA) is 54.5 Å². The summed E-state index contributed by atoms with van der Waals surface area (Å²) in [7, 11) is 0. The Hall–Kier alpha value is -1.78. The lowest BCUT2D eigenvalue weighted by atomic mass is 10.3. The minimum absolute atomic E-state index is 0.0563. The van der Waals surface area contributed by atoms with Crippen LogP contribution in [0.3, 0.4) is 0 Å². The van der Waals surface area contributed by atoms with Gasteiger partial charge in [-0.25, -0.2) is 9.67 Å². The van der Waals surface area contributed by atoms with Gasteiger partial charge < -0.3 is 0 Å². The third kappa shape index (κ3) is 2.44. The van der Waals surface area contributed by atoms with Crippen molar-refractivity contribution in [1.29, 1.82) is 5.26 Å². The number of nitriles is 1. The van der Waals surface area contributed by atoms with Crippen molar-refractivity contribution in [2.24, 2.45) is 0 Å². The van der Waals surface area contributed by atoms with Crippen LogP contribution in [-0.4, -0.2) is 14.8 Å². The normalized spacial score (nSPS) is 11.4. The molecule has 4 nitrogen and oxygen atoms in total. The van der Waals surface area contributed by atoms with Crippen LogP contribution in [0.25, 0.3) is 5.82 Å². The number of alkyl halides is 3. The van der Waals surface area contributed by atoms with Crippen LogP contribution < -0.4 is 0 Å². The van der Waals surface area contributed by atoms with E-state index in [9.17, 15) is 13.2 Å². The fraction of sp³-hybridized carbons (Fsp3) is 0.182. The van der Waals surface area contributed by atoms with Crippen LogP contribution in [0.15, 0.2) is 12.3 Å². The van der Waals surface area contributed by atoms with Gasteiger partial charge in [0.15, 0.2) is 11.0 Å². The third-order valence-electron chi connectivity index (χ3n) is 2.47. The Morgan fingerprint density at radius 3 is 2.45 bits per heavy atom. The maximum atomic E-state index is 12.5. The zero-order valence-corrected chi connectivity index (χ0v) is 11.3. The third-order valence-corrected chi connectivity index (χ3v) is 3.09. The molecule has 0 fully saturated rings. The van der Waals surface area contributed by atoms with Crippen LogP contribution in [0.5, 0.6) is 0 Å². The van der Waals surface area contributed by atoms with E-state index in [4.69, 9.17) is 28.5 Å². The number of rotatable bonds is 1. The number of halogens is 5. The Kier molecular flexibility index (Phi) is 3.63. The molecule has 2 aromatic rings. The lowest BCUT2D eigenvalue weighted by molar-refractivity contribution is -0.137. The summed E-state index contributed by atoms with van der Waals surface area (Å²) in [6, 6.07) is 2.57. The molecular weight excluding hydrogens is 316 g/mol. The summed E-state index contributed by atoms with van der Waals surface area (Å²) in [4.78, 5) is 3.62. The van der Waals surface area contributed by atoms with Gasteiger partial charge in [0.05, 0.1) is 16.3 Å². The SMILES string of the molecule is Cc1nn(-c2ncc(C(F)(F)F)cc2Cl)c(Cl)c1C#N. The summed E-state index contributed by atoms with van der Waals surface area (Å²) in [6.45, 7) is 1.54.